The SMILES string of the molecule is CNS(=O)(=O)c1ccc(N2CCC(N(C)CCO)CC2)c(F)c1. The average Bonchev–Trinajstić information content (AvgIpc) is 2.55. The fraction of sp³-hybridized carbons (Fsp3) is 0.600. The largest absolute Gasteiger partial charge is 0.395 e. The zero-order valence-electron chi connectivity index (χ0n) is 13.5. The summed E-state index contributed by atoms with van der Waals surface area (Å²) < 4.78 is 39.9. The number of halogens is 1. The molecule has 130 valence electrons. The van der Waals surface area contributed by atoms with Gasteiger partial charge in [0.1, 0.15) is 5.82 Å². The van der Waals surface area contributed by atoms with E-state index < -0.39 is 15.8 Å². The van der Waals surface area contributed by atoms with Gasteiger partial charge in [-0.25, -0.2) is 17.5 Å². The number of aliphatic hydroxyl groups is 1. The smallest absolute Gasteiger partial charge is 0.240 e. The summed E-state index contributed by atoms with van der Waals surface area (Å²) in [6.45, 7) is 2.17. The van der Waals surface area contributed by atoms with Gasteiger partial charge < -0.3 is 14.9 Å². The summed E-state index contributed by atoms with van der Waals surface area (Å²) in [5.41, 5.74) is 0.434. The van der Waals surface area contributed by atoms with Gasteiger partial charge in [0.05, 0.1) is 17.2 Å². The van der Waals surface area contributed by atoms with E-state index >= 15 is 0 Å². The molecule has 2 rings (SSSR count). The fourth-order valence-electron chi connectivity index (χ4n) is 2.92. The Bertz CT molecular complexity index is 631. The van der Waals surface area contributed by atoms with Crippen LogP contribution in [-0.4, -0.2) is 64.8 Å². The molecule has 0 amide bonds. The van der Waals surface area contributed by atoms with Crippen LogP contribution in [0.2, 0.25) is 0 Å². The second kappa shape index (κ2) is 7.57. The fourth-order valence-corrected chi connectivity index (χ4v) is 3.66. The first-order valence-electron chi connectivity index (χ1n) is 7.68. The van der Waals surface area contributed by atoms with Crippen LogP contribution < -0.4 is 9.62 Å². The van der Waals surface area contributed by atoms with Crippen LogP contribution in [0.4, 0.5) is 10.1 Å². The van der Waals surface area contributed by atoms with E-state index in [4.69, 9.17) is 5.11 Å². The lowest BCUT2D eigenvalue weighted by molar-refractivity contribution is 0.161. The Morgan fingerprint density at radius 2 is 2.04 bits per heavy atom. The quantitative estimate of drug-likeness (QED) is 0.791. The lowest BCUT2D eigenvalue weighted by Crippen LogP contribution is -2.44. The van der Waals surface area contributed by atoms with Crippen molar-refractivity contribution in [2.24, 2.45) is 0 Å². The Morgan fingerprint density at radius 3 is 2.57 bits per heavy atom. The van der Waals surface area contributed by atoms with Crippen molar-refractivity contribution in [3.05, 3.63) is 24.0 Å². The first kappa shape index (κ1) is 18.1. The molecule has 1 saturated heterocycles. The number of nitrogens with zero attached hydrogens (tertiary/aromatic N) is 2. The molecule has 0 aliphatic carbocycles. The first-order chi connectivity index (χ1) is 10.9. The van der Waals surface area contributed by atoms with Gasteiger partial charge in [0, 0.05) is 25.7 Å². The second-order valence-corrected chi connectivity index (χ2v) is 7.63. The minimum absolute atomic E-state index is 0.0705. The van der Waals surface area contributed by atoms with Crippen LogP contribution >= 0.6 is 0 Å². The van der Waals surface area contributed by atoms with Crippen molar-refractivity contribution in [3.63, 3.8) is 0 Å². The topological polar surface area (TPSA) is 72.9 Å². The summed E-state index contributed by atoms with van der Waals surface area (Å²) in [5.74, 6) is -0.525. The molecule has 1 aliphatic rings. The van der Waals surface area contributed by atoms with Gasteiger partial charge in [0.2, 0.25) is 10.0 Å². The van der Waals surface area contributed by atoms with E-state index in [9.17, 15) is 12.8 Å². The zero-order valence-corrected chi connectivity index (χ0v) is 14.3. The van der Waals surface area contributed by atoms with E-state index in [0.717, 1.165) is 18.9 Å². The Hall–Kier alpha value is -1.22. The average molecular weight is 345 g/mol. The molecule has 0 aromatic heterocycles. The highest BCUT2D eigenvalue weighted by Crippen LogP contribution is 2.26. The summed E-state index contributed by atoms with van der Waals surface area (Å²) in [5, 5.41) is 8.99. The van der Waals surface area contributed by atoms with E-state index in [-0.39, 0.29) is 11.5 Å². The zero-order chi connectivity index (χ0) is 17.0. The third kappa shape index (κ3) is 4.20. The summed E-state index contributed by atoms with van der Waals surface area (Å²) in [6.07, 6.45) is 1.76. The summed E-state index contributed by atoms with van der Waals surface area (Å²) >= 11 is 0. The molecule has 1 aromatic carbocycles. The first-order valence-corrected chi connectivity index (χ1v) is 9.16. The van der Waals surface area contributed by atoms with Gasteiger partial charge in [-0.1, -0.05) is 0 Å². The third-order valence-electron chi connectivity index (χ3n) is 4.38. The second-order valence-electron chi connectivity index (χ2n) is 5.74. The molecule has 0 atom stereocenters. The van der Waals surface area contributed by atoms with Crippen molar-refractivity contribution in [1.29, 1.82) is 0 Å². The van der Waals surface area contributed by atoms with Crippen LogP contribution in [0, 0.1) is 5.82 Å². The molecule has 1 fully saturated rings. The Balaban J connectivity index is 2.07. The number of benzene rings is 1. The molecule has 0 spiro atoms. The third-order valence-corrected chi connectivity index (χ3v) is 5.79. The van der Waals surface area contributed by atoms with Crippen LogP contribution in [0.3, 0.4) is 0 Å². The van der Waals surface area contributed by atoms with E-state index in [1.807, 2.05) is 11.9 Å². The number of rotatable bonds is 6. The highest BCUT2D eigenvalue weighted by Gasteiger charge is 2.24. The predicted octanol–water partition coefficient (Wildman–Crippen LogP) is 0.627. The van der Waals surface area contributed by atoms with Gasteiger partial charge in [-0.05, 0) is 45.1 Å². The van der Waals surface area contributed by atoms with Crippen molar-refractivity contribution in [2.45, 2.75) is 23.8 Å². The Labute approximate surface area is 137 Å². The molecule has 23 heavy (non-hydrogen) atoms. The summed E-state index contributed by atoms with van der Waals surface area (Å²) in [4.78, 5) is 3.99. The van der Waals surface area contributed by atoms with E-state index in [1.165, 1.54) is 19.2 Å². The normalized spacial score (nSPS) is 17.0. The molecule has 2 N–H and O–H groups in total. The summed E-state index contributed by atoms with van der Waals surface area (Å²) in [6, 6.07) is 4.39. The van der Waals surface area contributed by atoms with Gasteiger partial charge in [0.15, 0.2) is 0 Å². The molecule has 0 unspecified atom stereocenters. The van der Waals surface area contributed by atoms with Crippen molar-refractivity contribution in [2.75, 3.05) is 45.2 Å². The van der Waals surface area contributed by atoms with Crippen LogP contribution in [-0.2, 0) is 10.0 Å². The standard InChI is InChI=1S/C15H24FN3O3S/c1-17-23(21,22)13-3-4-15(14(16)11-13)19-7-5-12(6-8-19)18(2)9-10-20/h3-4,11-12,17,20H,5-10H2,1-2H3. The van der Waals surface area contributed by atoms with Crippen LogP contribution in [0.15, 0.2) is 23.1 Å². The summed E-state index contributed by atoms with van der Waals surface area (Å²) in [7, 11) is -0.352. The molecular formula is C15H24FN3O3S. The molecule has 1 heterocycles. The molecule has 1 aliphatic heterocycles. The maximum absolute atomic E-state index is 14.3. The number of aliphatic hydroxyl groups excluding tert-OH is 1. The minimum atomic E-state index is -3.63. The number of nitrogens with one attached hydrogen (secondary N) is 1. The number of piperidine rings is 1. The highest BCUT2D eigenvalue weighted by atomic mass is 32.2. The number of likely N-dealkylation sites (N-methyl/N-ethyl adjacent to an activating group) is 1. The van der Waals surface area contributed by atoms with Crippen molar-refractivity contribution >= 4 is 15.7 Å². The molecule has 8 heteroatoms. The molecule has 1 aromatic rings. The molecule has 0 saturated carbocycles. The number of hydrogen-bond acceptors (Lipinski definition) is 5. The van der Waals surface area contributed by atoms with Gasteiger partial charge in [-0.2, -0.15) is 0 Å². The van der Waals surface area contributed by atoms with Gasteiger partial charge in [-0.3, -0.25) is 0 Å². The van der Waals surface area contributed by atoms with E-state index in [1.54, 1.807) is 0 Å². The van der Waals surface area contributed by atoms with E-state index in [0.29, 0.717) is 31.4 Å². The monoisotopic (exact) mass is 345 g/mol. The lowest BCUT2D eigenvalue weighted by atomic mass is 10.0. The van der Waals surface area contributed by atoms with Gasteiger partial charge >= 0.3 is 0 Å². The maximum atomic E-state index is 14.3. The minimum Gasteiger partial charge on any atom is -0.395 e. The van der Waals surface area contributed by atoms with Crippen molar-refractivity contribution in [1.82, 2.24) is 9.62 Å². The van der Waals surface area contributed by atoms with Crippen LogP contribution in [0.25, 0.3) is 0 Å². The van der Waals surface area contributed by atoms with Crippen LogP contribution in [0.5, 0.6) is 0 Å². The lowest BCUT2D eigenvalue weighted by Gasteiger charge is -2.37. The van der Waals surface area contributed by atoms with Crippen molar-refractivity contribution < 1.29 is 17.9 Å². The molecular weight excluding hydrogens is 321 g/mol. The number of anilines is 1. The maximum Gasteiger partial charge on any atom is 0.240 e. The Kier molecular flexibility index (Phi) is 5.96. The van der Waals surface area contributed by atoms with Crippen LogP contribution in [0.1, 0.15) is 12.8 Å². The van der Waals surface area contributed by atoms with Gasteiger partial charge in [-0.15, -0.1) is 0 Å². The van der Waals surface area contributed by atoms with Crippen molar-refractivity contribution in [3.8, 4) is 0 Å². The molecule has 0 radical (unpaired) electrons. The highest BCUT2D eigenvalue weighted by molar-refractivity contribution is 7.89. The van der Waals surface area contributed by atoms with E-state index in [2.05, 4.69) is 9.62 Å². The molecule has 0 bridgehead atoms. The van der Waals surface area contributed by atoms with Gasteiger partial charge in [0.25, 0.3) is 0 Å². The molecule has 6 nitrogen and oxygen atoms in total. The Morgan fingerprint density at radius 1 is 1.39 bits per heavy atom. The predicted molar refractivity (Wildman–Crippen MR) is 87.6 cm³/mol. The number of hydrogen-bond donors (Lipinski definition) is 2. The number of sulfonamides is 1.